The monoisotopic (exact) mass is 623 g/mol. The Bertz CT molecular complexity index is 1830. The van der Waals surface area contributed by atoms with E-state index in [4.69, 9.17) is 9.47 Å². The minimum Gasteiger partial charge on any atom is -0.487 e. The molecule has 3 aromatic carbocycles. The summed E-state index contributed by atoms with van der Waals surface area (Å²) in [5, 5.41) is 0.549. The van der Waals surface area contributed by atoms with Gasteiger partial charge in [-0.1, -0.05) is 71.9 Å². The number of rotatable bonds is 8. The normalized spacial score (nSPS) is 13.0. The highest BCUT2D eigenvalue weighted by Gasteiger charge is 2.30. The topological polar surface area (TPSA) is 74.6 Å². The lowest BCUT2D eigenvalue weighted by Crippen LogP contribution is -2.20. The van der Waals surface area contributed by atoms with Crippen molar-refractivity contribution in [2.45, 2.75) is 70.6 Å². The Morgan fingerprint density at radius 3 is 2.16 bits per heavy atom. The summed E-state index contributed by atoms with van der Waals surface area (Å²) in [5.74, 6) is -0.253. The van der Waals surface area contributed by atoms with Gasteiger partial charge in [-0.05, 0) is 64.8 Å². The Balaban J connectivity index is 2.17. The first-order valence-corrected chi connectivity index (χ1v) is 15.7. The molecule has 0 bridgehead atoms. The zero-order valence-electron chi connectivity index (χ0n) is 26.4. The van der Waals surface area contributed by atoms with E-state index in [-0.39, 0.29) is 16.1 Å². The molecule has 0 saturated heterocycles. The zero-order valence-corrected chi connectivity index (χ0v) is 27.2. The number of fused-ring (bicyclic) bond motifs is 1. The van der Waals surface area contributed by atoms with Gasteiger partial charge < -0.3 is 9.47 Å². The summed E-state index contributed by atoms with van der Waals surface area (Å²) < 4.78 is 67.0. The second kappa shape index (κ2) is 12.2. The van der Waals surface area contributed by atoms with Crippen LogP contribution in [-0.4, -0.2) is 38.5 Å². The number of nitrogens with zero attached hydrogens (tertiary/aromatic N) is 1. The molecule has 0 aliphatic rings. The fourth-order valence-electron chi connectivity index (χ4n) is 5.00. The minimum atomic E-state index is -4.06. The number of halogens is 2. The minimum absolute atomic E-state index is 0.0993. The van der Waals surface area contributed by atoms with Gasteiger partial charge in [-0.2, -0.15) is 0 Å². The van der Waals surface area contributed by atoms with Gasteiger partial charge in [-0.3, -0.25) is 0 Å². The van der Waals surface area contributed by atoms with E-state index < -0.39 is 34.4 Å². The number of carbonyl (C=O) groups excluding carboxylic acids is 1. The molecule has 0 unspecified atom stereocenters. The van der Waals surface area contributed by atoms with Crippen LogP contribution < -0.4 is 4.74 Å². The van der Waals surface area contributed by atoms with E-state index in [0.29, 0.717) is 33.2 Å². The highest BCUT2D eigenvalue weighted by molar-refractivity contribution is 7.90. The van der Waals surface area contributed by atoms with Crippen LogP contribution in [0.1, 0.15) is 65.2 Å². The number of esters is 1. The lowest BCUT2D eigenvalue weighted by Gasteiger charge is -2.29. The van der Waals surface area contributed by atoms with Gasteiger partial charge in [0.25, 0.3) is 16.4 Å². The van der Waals surface area contributed by atoms with Crippen LogP contribution in [0, 0.1) is 0 Å². The molecule has 1 heterocycles. The summed E-state index contributed by atoms with van der Waals surface area (Å²) in [7, 11) is -2.77. The van der Waals surface area contributed by atoms with Crippen molar-refractivity contribution in [1.82, 2.24) is 3.97 Å². The van der Waals surface area contributed by atoms with Crippen molar-refractivity contribution in [3.8, 4) is 16.9 Å². The summed E-state index contributed by atoms with van der Waals surface area (Å²) >= 11 is 0. The van der Waals surface area contributed by atoms with Crippen molar-refractivity contribution in [3.05, 3.63) is 89.6 Å². The maximum absolute atomic E-state index is 14.0. The lowest BCUT2D eigenvalue weighted by molar-refractivity contribution is -0.134. The first-order valence-electron chi connectivity index (χ1n) is 14.3. The molecule has 0 atom stereocenters. The summed E-state index contributed by atoms with van der Waals surface area (Å²) in [6, 6.07) is 17.2. The highest BCUT2D eigenvalue weighted by atomic mass is 32.2. The van der Waals surface area contributed by atoms with Crippen LogP contribution in [0.4, 0.5) is 8.78 Å². The van der Waals surface area contributed by atoms with Crippen LogP contribution in [0.15, 0.2) is 77.8 Å². The standard InChI is InChI=1S/C35H39F2NO5S/c1-22(16-32(39)42-8)23-14-15-30-26(17-23)28(20-38(30)44(40,41)25-12-10-9-11-13-25)27-18-24(34(2,3)4)19-29(35(5,6)7)33(27)43-21-31(36)37/h9-20,31H,21H2,1-8H3/b22-16+. The largest absolute Gasteiger partial charge is 0.487 e. The molecule has 6 nitrogen and oxygen atoms in total. The molecule has 9 heteroatoms. The molecule has 4 aromatic rings. The maximum atomic E-state index is 14.0. The van der Waals surface area contributed by atoms with Crippen molar-refractivity contribution >= 4 is 32.5 Å². The molecule has 0 fully saturated rings. The van der Waals surface area contributed by atoms with E-state index in [1.807, 2.05) is 32.9 Å². The first kappa shape index (κ1) is 32.9. The van der Waals surface area contributed by atoms with Crippen LogP contribution in [0.3, 0.4) is 0 Å². The number of carbonyl (C=O) groups is 1. The van der Waals surface area contributed by atoms with E-state index in [1.165, 1.54) is 35.5 Å². The molecule has 0 saturated carbocycles. The van der Waals surface area contributed by atoms with Crippen LogP contribution in [0.5, 0.6) is 5.75 Å². The van der Waals surface area contributed by atoms with Crippen molar-refractivity contribution < 1.29 is 31.5 Å². The molecular weight excluding hydrogens is 584 g/mol. The molecule has 234 valence electrons. The number of benzene rings is 3. The maximum Gasteiger partial charge on any atom is 0.330 e. The molecule has 1 aromatic heterocycles. The van der Waals surface area contributed by atoms with Crippen LogP contribution in [-0.2, 0) is 30.4 Å². The van der Waals surface area contributed by atoms with Gasteiger partial charge in [-0.15, -0.1) is 0 Å². The van der Waals surface area contributed by atoms with Gasteiger partial charge in [0.1, 0.15) is 12.4 Å². The number of ether oxygens (including phenoxy) is 2. The van der Waals surface area contributed by atoms with Gasteiger partial charge in [-0.25, -0.2) is 26.0 Å². The fourth-order valence-corrected chi connectivity index (χ4v) is 6.40. The first-order chi connectivity index (χ1) is 20.4. The molecule has 0 spiro atoms. The van der Waals surface area contributed by atoms with E-state index in [0.717, 1.165) is 11.1 Å². The molecule has 44 heavy (non-hydrogen) atoms. The Hall–Kier alpha value is -3.98. The number of alkyl halides is 2. The molecule has 4 rings (SSSR count). The Morgan fingerprint density at radius 2 is 1.59 bits per heavy atom. The Labute approximate surface area is 258 Å². The second-order valence-electron chi connectivity index (χ2n) is 12.8. The number of hydrogen-bond acceptors (Lipinski definition) is 5. The number of methoxy groups -OCH3 is 1. The third-order valence-electron chi connectivity index (χ3n) is 7.47. The van der Waals surface area contributed by atoms with Crippen molar-refractivity contribution in [2.24, 2.45) is 0 Å². The van der Waals surface area contributed by atoms with E-state index in [2.05, 4.69) is 20.8 Å². The average molecular weight is 624 g/mol. The lowest BCUT2D eigenvalue weighted by atomic mass is 9.78. The Morgan fingerprint density at radius 1 is 0.932 bits per heavy atom. The van der Waals surface area contributed by atoms with Crippen LogP contribution in [0.2, 0.25) is 0 Å². The molecule has 0 N–H and O–H groups in total. The Kier molecular flexibility index (Phi) is 9.12. The highest BCUT2D eigenvalue weighted by Crippen LogP contribution is 2.46. The molecular formula is C35H39F2NO5S. The summed E-state index contributed by atoms with van der Waals surface area (Å²) in [6.07, 6.45) is 0.170. The van der Waals surface area contributed by atoms with Crippen LogP contribution in [0.25, 0.3) is 27.6 Å². The quantitative estimate of drug-likeness (QED) is 0.146. The van der Waals surface area contributed by atoms with Gasteiger partial charge >= 0.3 is 5.97 Å². The second-order valence-corrected chi connectivity index (χ2v) is 14.7. The molecule has 0 aliphatic heterocycles. The molecule has 0 amide bonds. The zero-order chi connectivity index (χ0) is 32.6. The van der Waals surface area contributed by atoms with Gasteiger partial charge in [0.15, 0.2) is 0 Å². The van der Waals surface area contributed by atoms with Gasteiger partial charge in [0.05, 0.1) is 17.5 Å². The third kappa shape index (κ3) is 6.73. The van der Waals surface area contributed by atoms with Crippen LogP contribution >= 0.6 is 0 Å². The summed E-state index contributed by atoms with van der Waals surface area (Å²) in [5.41, 5.74) is 3.50. The summed E-state index contributed by atoms with van der Waals surface area (Å²) in [6.45, 7) is 13.0. The molecule has 0 radical (unpaired) electrons. The van der Waals surface area contributed by atoms with Crippen molar-refractivity contribution in [3.63, 3.8) is 0 Å². The summed E-state index contributed by atoms with van der Waals surface area (Å²) in [4.78, 5) is 12.1. The predicted octanol–water partition coefficient (Wildman–Crippen LogP) is 8.36. The third-order valence-corrected chi connectivity index (χ3v) is 9.16. The van der Waals surface area contributed by atoms with Crippen molar-refractivity contribution in [1.29, 1.82) is 0 Å². The van der Waals surface area contributed by atoms with E-state index in [1.54, 1.807) is 43.3 Å². The number of hydrogen-bond donors (Lipinski definition) is 0. The fraction of sp³-hybridized carbons (Fsp3) is 0.343. The smallest absolute Gasteiger partial charge is 0.330 e. The molecule has 0 aliphatic carbocycles. The average Bonchev–Trinajstić information content (AvgIpc) is 3.34. The van der Waals surface area contributed by atoms with Crippen molar-refractivity contribution in [2.75, 3.05) is 13.7 Å². The SMILES string of the molecule is COC(=O)/C=C(\C)c1ccc2c(c1)c(-c1cc(C(C)(C)C)cc(C(C)(C)C)c1OCC(F)F)cn2S(=O)(=O)c1ccccc1. The van der Waals surface area contributed by atoms with Gasteiger partial charge in [0.2, 0.25) is 0 Å². The van der Waals surface area contributed by atoms with E-state index >= 15 is 0 Å². The number of aromatic nitrogens is 1. The van der Waals surface area contributed by atoms with Gasteiger partial charge in [0, 0.05) is 34.3 Å². The predicted molar refractivity (Wildman–Crippen MR) is 171 cm³/mol. The number of allylic oxidation sites excluding steroid dienone is 1. The van der Waals surface area contributed by atoms with E-state index in [9.17, 15) is 22.0 Å².